The predicted octanol–water partition coefficient (Wildman–Crippen LogP) is 2.74. The summed E-state index contributed by atoms with van der Waals surface area (Å²) in [5.41, 5.74) is 1.69. The van der Waals surface area contributed by atoms with Gasteiger partial charge in [0.05, 0.1) is 4.90 Å². The lowest BCUT2D eigenvalue weighted by atomic mass is 10.1. The van der Waals surface area contributed by atoms with Gasteiger partial charge in [-0.3, -0.25) is 0 Å². The van der Waals surface area contributed by atoms with E-state index in [0.29, 0.717) is 0 Å². The summed E-state index contributed by atoms with van der Waals surface area (Å²) in [4.78, 5) is 0.105. The molecule has 6 heteroatoms. The van der Waals surface area contributed by atoms with E-state index >= 15 is 0 Å². The maximum atomic E-state index is 11.1. The Labute approximate surface area is 95.9 Å². The predicted molar refractivity (Wildman–Crippen MR) is 60.6 cm³/mol. The fraction of sp³-hybridized carbons (Fsp3) is 0. The Kier molecular flexibility index (Phi) is 2.77. The van der Waals surface area contributed by atoms with Crippen LogP contribution in [0.4, 0.5) is 0 Å². The number of hydrogen-bond acceptors (Lipinski definition) is 4. The van der Waals surface area contributed by atoms with Crippen LogP contribution >= 0.6 is 22.2 Å². The van der Waals surface area contributed by atoms with E-state index in [1.807, 2.05) is 11.4 Å². The molecule has 1 heterocycles. The van der Waals surface area contributed by atoms with Crippen LogP contribution in [0.1, 0.15) is 0 Å². The van der Waals surface area contributed by atoms with Gasteiger partial charge in [-0.1, -0.05) is 12.1 Å². The molecule has 0 spiro atoms. The van der Waals surface area contributed by atoms with E-state index in [4.69, 9.17) is 10.7 Å². The lowest BCUT2D eigenvalue weighted by molar-refractivity contribution is 0.609. The van der Waals surface area contributed by atoms with E-state index in [2.05, 4.69) is 4.37 Å². The molecular weight excluding hydrogens is 254 g/mol. The molecule has 3 nitrogen and oxygen atoms in total. The van der Waals surface area contributed by atoms with Crippen LogP contribution in [0.15, 0.2) is 40.7 Å². The molecule has 0 aliphatic carbocycles. The van der Waals surface area contributed by atoms with Gasteiger partial charge in [0.1, 0.15) is 0 Å². The fourth-order valence-electron chi connectivity index (χ4n) is 1.17. The van der Waals surface area contributed by atoms with Crippen molar-refractivity contribution in [3.8, 4) is 11.1 Å². The zero-order valence-corrected chi connectivity index (χ0v) is 9.81. The molecule has 0 saturated heterocycles. The Morgan fingerprint density at radius 1 is 1.27 bits per heavy atom. The topological polar surface area (TPSA) is 47.0 Å². The van der Waals surface area contributed by atoms with Crippen LogP contribution in [-0.2, 0) is 9.05 Å². The Hall–Kier alpha value is -0.910. The Morgan fingerprint density at radius 2 is 2.07 bits per heavy atom. The van der Waals surface area contributed by atoms with Gasteiger partial charge in [0, 0.05) is 27.8 Å². The molecule has 0 saturated carbocycles. The Balaban J connectivity index is 2.53. The molecule has 2 rings (SSSR count). The highest BCUT2D eigenvalue weighted by Crippen LogP contribution is 2.24. The average Bonchev–Trinajstić information content (AvgIpc) is 2.69. The highest BCUT2D eigenvalue weighted by Gasteiger charge is 2.10. The van der Waals surface area contributed by atoms with Crippen LogP contribution in [-0.4, -0.2) is 12.8 Å². The van der Waals surface area contributed by atoms with Crippen molar-refractivity contribution in [3.63, 3.8) is 0 Å². The van der Waals surface area contributed by atoms with Crippen LogP contribution in [0.25, 0.3) is 11.1 Å². The summed E-state index contributed by atoms with van der Waals surface area (Å²) >= 11 is 1.32. The molecule has 1 aromatic carbocycles. The molecule has 1 aromatic heterocycles. The molecule has 0 amide bonds. The molecule has 0 atom stereocenters. The van der Waals surface area contributed by atoms with Crippen LogP contribution in [0.5, 0.6) is 0 Å². The maximum absolute atomic E-state index is 11.1. The summed E-state index contributed by atoms with van der Waals surface area (Å²) in [5.74, 6) is 0. The molecule has 0 aliphatic heterocycles. The highest BCUT2D eigenvalue weighted by atomic mass is 35.7. The summed E-state index contributed by atoms with van der Waals surface area (Å²) in [6.07, 6.45) is 1.69. The standard InChI is InChI=1S/C9H6ClNO2S2/c10-15(12,13)9-3-1-2-7(4-9)8-5-11-14-6-8/h1-6H. The summed E-state index contributed by atoms with van der Waals surface area (Å²) in [6.45, 7) is 0. The second kappa shape index (κ2) is 3.92. The molecule has 78 valence electrons. The van der Waals surface area contributed by atoms with Gasteiger partial charge in [-0.25, -0.2) is 12.8 Å². The minimum atomic E-state index is -3.66. The largest absolute Gasteiger partial charge is 0.261 e. The van der Waals surface area contributed by atoms with Crippen molar-refractivity contribution in [1.82, 2.24) is 4.37 Å². The van der Waals surface area contributed by atoms with Crippen LogP contribution < -0.4 is 0 Å². The van der Waals surface area contributed by atoms with E-state index < -0.39 is 9.05 Å². The lowest BCUT2D eigenvalue weighted by Crippen LogP contribution is -1.90. The second-order valence-electron chi connectivity index (χ2n) is 2.88. The van der Waals surface area contributed by atoms with Gasteiger partial charge in [-0.2, -0.15) is 0 Å². The molecule has 2 aromatic rings. The molecular formula is C9H6ClNO2S2. The summed E-state index contributed by atoms with van der Waals surface area (Å²) < 4.78 is 26.2. The first kappa shape index (κ1) is 10.6. The molecule has 0 N–H and O–H groups in total. The first-order valence-corrected chi connectivity index (χ1v) is 7.16. The van der Waals surface area contributed by atoms with Crippen molar-refractivity contribution in [1.29, 1.82) is 0 Å². The van der Waals surface area contributed by atoms with Gasteiger partial charge in [-0.05, 0) is 29.2 Å². The smallest absolute Gasteiger partial charge is 0.207 e. The lowest BCUT2D eigenvalue weighted by Gasteiger charge is -1.99. The molecule has 0 aliphatic rings. The SMILES string of the molecule is O=S(=O)(Cl)c1cccc(-c2cnsc2)c1. The van der Waals surface area contributed by atoms with Gasteiger partial charge >= 0.3 is 0 Å². The van der Waals surface area contributed by atoms with Gasteiger partial charge in [0.2, 0.25) is 0 Å². The van der Waals surface area contributed by atoms with Gasteiger partial charge in [0.25, 0.3) is 9.05 Å². The van der Waals surface area contributed by atoms with Gasteiger partial charge in [-0.15, -0.1) is 0 Å². The Bertz CT molecular complexity index is 564. The van der Waals surface area contributed by atoms with E-state index in [1.165, 1.54) is 23.7 Å². The normalized spacial score (nSPS) is 11.5. The number of aromatic nitrogens is 1. The van der Waals surface area contributed by atoms with E-state index in [1.54, 1.807) is 12.3 Å². The van der Waals surface area contributed by atoms with Crippen LogP contribution in [0.3, 0.4) is 0 Å². The minimum absolute atomic E-state index is 0.105. The number of rotatable bonds is 2. The molecule has 0 bridgehead atoms. The van der Waals surface area contributed by atoms with Crippen LogP contribution in [0, 0.1) is 0 Å². The third kappa shape index (κ3) is 2.37. The summed E-state index contributed by atoms with van der Waals surface area (Å²) in [7, 11) is 1.59. The second-order valence-corrected chi connectivity index (χ2v) is 6.10. The van der Waals surface area contributed by atoms with E-state index in [-0.39, 0.29) is 4.90 Å². The average molecular weight is 260 g/mol. The minimum Gasteiger partial charge on any atom is -0.207 e. The van der Waals surface area contributed by atoms with Crippen LogP contribution in [0.2, 0.25) is 0 Å². The maximum Gasteiger partial charge on any atom is 0.261 e. The van der Waals surface area contributed by atoms with Crippen molar-refractivity contribution in [3.05, 3.63) is 35.8 Å². The third-order valence-electron chi connectivity index (χ3n) is 1.88. The number of hydrogen-bond donors (Lipinski definition) is 0. The first-order valence-electron chi connectivity index (χ1n) is 4.02. The molecule has 15 heavy (non-hydrogen) atoms. The third-order valence-corrected chi connectivity index (χ3v) is 3.82. The number of benzene rings is 1. The van der Waals surface area contributed by atoms with Gasteiger partial charge < -0.3 is 0 Å². The molecule has 0 radical (unpaired) electrons. The van der Waals surface area contributed by atoms with Crippen molar-refractivity contribution in [2.24, 2.45) is 0 Å². The van der Waals surface area contributed by atoms with Crippen molar-refractivity contribution in [2.75, 3.05) is 0 Å². The fourth-order valence-corrected chi connectivity index (χ4v) is 2.52. The summed E-state index contributed by atoms with van der Waals surface area (Å²) in [5, 5.41) is 1.85. The van der Waals surface area contributed by atoms with E-state index in [9.17, 15) is 8.42 Å². The molecule has 0 unspecified atom stereocenters. The first-order chi connectivity index (χ1) is 7.07. The zero-order chi connectivity index (χ0) is 10.9. The monoisotopic (exact) mass is 259 g/mol. The van der Waals surface area contributed by atoms with Crippen molar-refractivity contribution in [2.45, 2.75) is 4.90 Å². The Morgan fingerprint density at radius 3 is 2.67 bits per heavy atom. The zero-order valence-electron chi connectivity index (χ0n) is 7.42. The molecule has 0 fully saturated rings. The van der Waals surface area contributed by atoms with Gasteiger partial charge in [0.15, 0.2) is 0 Å². The number of nitrogens with zero attached hydrogens (tertiary/aromatic N) is 1. The number of halogens is 1. The van der Waals surface area contributed by atoms with Crippen molar-refractivity contribution >= 4 is 31.3 Å². The van der Waals surface area contributed by atoms with Crippen molar-refractivity contribution < 1.29 is 8.42 Å². The summed E-state index contributed by atoms with van der Waals surface area (Å²) in [6, 6.07) is 6.47. The highest BCUT2D eigenvalue weighted by molar-refractivity contribution is 8.13. The van der Waals surface area contributed by atoms with E-state index in [0.717, 1.165) is 11.1 Å². The quantitative estimate of drug-likeness (QED) is 0.779.